The Hall–Kier alpha value is -3.57. The molecule has 0 aliphatic carbocycles. The van der Waals surface area contributed by atoms with Crippen LogP contribution in [0, 0.1) is 0 Å². The molecule has 0 aliphatic rings. The van der Waals surface area contributed by atoms with E-state index in [1.165, 1.54) is 5.56 Å². The summed E-state index contributed by atoms with van der Waals surface area (Å²) in [5.74, 6) is -0.589. The third-order valence-corrected chi connectivity index (χ3v) is 6.27. The van der Waals surface area contributed by atoms with E-state index in [0.29, 0.717) is 17.0 Å². The van der Waals surface area contributed by atoms with Crippen molar-refractivity contribution >= 4 is 34.3 Å². The van der Waals surface area contributed by atoms with E-state index in [2.05, 4.69) is 27.8 Å². The number of carbonyl (C=O) groups excluding carboxylic acids is 2. The minimum absolute atomic E-state index is 0.0459. The Balaban J connectivity index is 1.49. The van der Waals surface area contributed by atoms with E-state index in [0.717, 1.165) is 29.3 Å². The minimum atomic E-state index is -0.748. The third-order valence-electron chi connectivity index (χ3n) is 5.94. The summed E-state index contributed by atoms with van der Waals surface area (Å²) in [7, 11) is 0. The van der Waals surface area contributed by atoms with Crippen LogP contribution >= 0.6 is 11.6 Å². The second-order valence-electron chi connectivity index (χ2n) is 8.50. The Kier molecular flexibility index (Phi) is 7.65. The highest BCUT2D eigenvalue weighted by molar-refractivity contribution is 6.33. The van der Waals surface area contributed by atoms with Gasteiger partial charge in [0, 0.05) is 29.6 Å². The molecule has 0 radical (unpaired) electrons. The molecule has 0 fully saturated rings. The van der Waals surface area contributed by atoms with Gasteiger partial charge in [0.25, 0.3) is 5.91 Å². The van der Waals surface area contributed by atoms with Gasteiger partial charge < -0.3 is 15.6 Å². The molecule has 174 valence electrons. The summed E-state index contributed by atoms with van der Waals surface area (Å²) < 4.78 is 0. The Labute approximate surface area is 204 Å². The van der Waals surface area contributed by atoms with Crippen LogP contribution in [-0.4, -0.2) is 28.9 Å². The van der Waals surface area contributed by atoms with E-state index in [1.54, 1.807) is 24.3 Å². The number of aryl methyl sites for hydroxylation is 1. The second kappa shape index (κ2) is 11.0. The molecule has 0 aliphatic heterocycles. The molecule has 2 atom stereocenters. The molecule has 3 N–H and O–H groups in total. The molecule has 5 nitrogen and oxygen atoms in total. The summed E-state index contributed by atoms with van der Waals surface area (Å²) >= 11 is 6.22. The maximum absolute atomic E-state index is 13.3. The number of amides is 2. The molecule has 3 aromatic carbocycles. The molecule has 34 heavy (non-hydrogen) atoms. The lowest BCUT2D eigenvalue weighted by atomic mass is 10.0. The van der Waals surface area contributed by atoms with Crippen LogP contribution in [0.5, 0.6) is 0 Å². The molecule has 6 heteroatoms. The number of carbonyl (C=O) groups is 2. The zero-order valence-electron chi connectivity index (χ0n) is 19.1. The summed E-state index contributed by atoms with van der Waals surface area (Å²) in [6, 6.07) is 24.1. The maximum atomic E-state index is 13.3. The largest absolute Gasteiger partial charge is 0.361 e. The van der Waals surface area contributed by atoms with E-state index in [9.17, 15) is 9.59 Å². The van der Waals surface area contributed by atoms with E-state index in [1.807, 2.05) is 55.6 Å². The molecule has 4 rings (SSSR count). The van der Waals surface area contributed by atoms with Crippen LogP contribution in [-0.2, 0) is 17.6 Å². The zero-order chi connectivity index (χ0) is 23.9. The molecular formula is C28H28ClN3O2. The second-order valence-corrected chi connectivity index (χ2v) is 8.91. The fourth-order valence-corrected chi connectivity index (χ4v) is 4.28. The van der Waals surface area contributed by atoms with Gasteiger partial charge >= 0.3 is 0 Å². The van der Waals surface area contributed by atoms with Gasteiger partial charge in [-0.3, -0.25) is 9.59 Å². The van der Waals surface area contributed by atoms with Crippen molar-refractivity contribution in [2.45, 2.75) is 38.3 Å². The molecule has 1 heterocycles. The monoisotopic (exact) mass is 473 g/mol. The lowest BCUT2D eigenvalue weighted by Gasteiger charge is -2.22. The number of hydrogen-bond acceptors (Lipinski definition) is 2. The number of fused-ring (bicyclic) bond motifs is 1. The summed E-state index contributed by atoms with van der Waals surface area (Å²) in [6.45, 7) is 1.99. The normalized spacial score (nSPS) is 12.8. The number of hydrogen-bond donors (Lipinski definition) is 3. The molecule has 0 saturated heterocycles. The average Bonchev–Trinajstić information content (AvgIpc) is 3.26. The summed E-state index contributed by atoms with van der Waals surface area (Å²) in [6.07, 6.45) is 3.91. The first-order valence-corrected chi connectivity index (χ1v) is 11.8. The number of rotatable bonds is 9. The first kappa shape index (κ1) is 23.6. The summed E-state index contributed by atoms with van der Waals surface area (Å²) in [4.78, 5) is 29.5. The summed E-state index contributed by atoms with van der Waals surface area (Å²) in [5, 5.41) is 7.37. The molecule has 0 spiro atoms. The molecule has 2 amide bonds. The molecule has 4 aromatic rings. The van der Waals surface area contributed by atoms with Crippen molar-refractivity contribution in [1.82, 2.24) is 15.6 Å². The standard InChI is InChI=1S/C28H28ClN3O2/c1-19(15-16-20-9-3-2-4-10-20)31-28(34)26(32-27(33)23-12-5-7-13-24(23)29)17-21-18-30-25-14-8-6-11-22(21)25/h2-14,18-19,26,30H,15-17H2,1H3,(H,31,34)(H,32,33). The highest BCUT2D eigenvalue weighted by Gasteiger charge is 2.25. The van der Waals surface area contributed by atoms with Crippen molar-refractivity contribution in [2.24, 2.45) is 0 Å². The minimum Gasteiger partial charge on any atom is -0.361 e. The smallest absolute Gasteiger partial charge is 0.253 e. The Morgan fingerprint density at radius 1 is 0.912 bits per heavy atom. The number of halogens is 1. The van der Waals surface area contributed by atoms with Gasteiger partial charge in [-0.1, -0.05) is 72.3 Å². The number of benzene rings is 3. The third kappa shape index (κ3) is 5.86. The van der Waals surface area contributed by atoms with Crippen molar-refractivity contribution in [2.75, 3.05) is 0 Å². The van der Waals surface area contributed by atoms with Gasteiger partial charge in [-0.25, -0.2) is 0 Å². The molecule has 0 saturated carbocycles. The fraction of sp³-hybridized carbons (Fsp3) is 0.214. The van der Waals surface area contributed by atoms with E-state index < -0.39 is 6.04 Å². The van der Waals surface area contributed by atoms with Crippen LogP contribution in [0.15, 0.2) is 85.1 Å². The van der Waals surface area contributed by atoms with Crippen molar-refractivity contribution < 1.29 is 9.59 Å². The molecule has 1 aromatic heterocycles. The Morgan fingerprint density at radius 2 is 1.62 bits per heavy atom. The first-order valence-electron chi connectivity index (χ1n) is 11.5. The van der Waals surface area contributed by atoms with Gasteiger partial charge in [0.05, 0.1) is 10.6 Å². The average molecular weight is 474 g/mol. The van der Waals surface area contributed by atoms with Crippen molar-refractivity contribution in [3.63, 3.8) is 0 Å². The quantitative estimate of drug-likeness (QED) is 0.308. The summed E-state index contributed by atoms with van der Waals surface area (Å²) in [5.41, 5.74) is 3.53. The van der Waals surface area contributed by atoms with Gasteiger partial charge in [0.15, 0.2) is 0 Å². The van der Waals surface area contributed by atoms with Gasteiger partial charge in [0.2, 0.25) is 5.91 Å². The van der Waals surface area contributed by atoms with E-state index in [4.69, 9.17) is 11.6 Å². The predicted octanol–water partition coefficient (Wildman–Crippen LogP) is 5.30. The van der Waals surface area contributed by atoms with E-state index >= 15 is 0 Å². The number of aromatic amines is 1. The van der Waals surface area contributed by atoms with Gasteiger partial charge in [-0.15, -0.1) is 0 Å². The molecule has 0 bridgehead atoms. The maximum Gasteiger partial charge on any atom is 0.253 e. The van der Waals surface area contributed by atoms with Gasteiger partial charge in [0.1, 0.15) is 6.04 Å². The number of H-pyrrole nitrogens is 1. The number of para-hydroxylation sites is 1. The van der Waals surface area contributed by atoms with Crippen LogP contribution in [0.1, 0.15) is 34.8 Å². The first-order chi connectivity index (χ1) is 16.5. The van der Waals surface area contributed by atoms with Crippen LogP contribution in [0.25, 0.3) is 10.9 Å². The highest BCUT2D eigenvalue weighted by Crippen LogP contribution is 2.20. The topological polar surface area (TPSA) is 74.0 Å². The van der Waals surface area contributed by atoms with Crippen LogP contribution in [0.3, 0.4) is 0 Å². The lowest BCUT2D eigenvalue weighted by Crippen LogP contribution is -2.50. The molecule has 2 unspecified atom stereocenters. The zero-order valence-corrected chi connectivity index (χ0v) is 19.8. The molecular weight excluding hydrogens is 446 g/mol. The Morgan fingerprint density at radius 3 is 2.41 bits per heavy atom. The Bertz CT molecular complexity index is 1270. The van der Waals surface area contributed by atoms with Crippen molar-refractivity contribution in [3.05, 3.63) is 107 Å². The van der Waals surface area contributed by atoms with Crippen LogP contribution < -0.4 is 10.6 Å². The van der Waals surface area contributed by atoms with Crippen LogP contribution in [0.2, 0.25) is 5.02 Å². The number of nitrogens with one attached hydrogen (secondary N) is 3. The van der Waals surface area contributed by atoms with E-state index in [-0.39, 0.29) is 17.9 Å². The predicted molar refractivity (Wildman–Crippen MR) is 137 cm³/mol. The van der Waals surface area contributed by atoms with Gasteiger partial charge in [-0.05, 0) is 49.1 Å². The van der Waals surface area contributed by atoms with Crippen molar-refractivity contribution in [3.8, 4) is 0 Å². The van der Waals surface area contributed by atoms with Gasteiger partial charge in [-0.2, -0.15) is 0 Å². The van der Waals surface area contributed by atoms with Crippen molar-refractivity contribution in [1.29, 1.82) is 0 Å². The lowest BCUT2D eigenvalue weighted by molar-refractivity contribution is -0.123. The van der Waals surface area contributed by atoms with Crippen LogP contribution in [0.4, 0.5) is 0 Å². The SMILES string of the molecule is CC(CCc1ccccc1)NC(=O)C(Cc1c[nH]c2ccccc12)NC(=O)c1ccccc1Cl. The number of aromatic nitrogens is 1. The highest BCUT2D eigenvalue weighted by atomic mass is 35.5. The fourth-order valence-electron chi connectivity index (χ4n) is 4.05.